The van der Waals surface area contributed by atoms with E-state index in [2.05, 4.69) is 16.7 Å². The number of hydrogen-bond donors (Lipinski definition) is 2. The van der Waals surface area contributed by atoms with Crippen molar-refractivity contribution in [2.45, 2.75) is 30.4 Å². The Kier molecular flexibility index (Phi) is 3.85. The fraction of sp³-hybridized carbons (Fsp3) is 0.667. The summed E-state index contributed by atoms with van der Waals surface area (Å²) in [4.78, 5) is 12.0. The first-order valence-corrected chi connectivity index (χ1v) is 7.41. The molecule has 6 heteroatoms. The molecule has 0 aliphatic heterocycles. The van der Waals surface area contributed by atoms with Crippen molar-refractivity contribution in [1.82, 2.24) is 15.1 Å². The third kappa shape index (κ3) is 2.63. The van der Waals surface area contributed by atoms with Crippen LogP contribution in [0.4, 0.5) is 5.69 Å². The molecule has 100 valence electrons. The third-order valence-corrected chi connectivity index (χ3v) is 5.01. The van der Waals surface area contributed by atoms with Gasteiger partial charge in [0.15, 0.2) is 5.69 Å². The van der Waals surface area contributed by atoms with E-state index in [0.717, 1.165) is 0 Å². The summed E-state index contributed by atoms with van der Waals surface area (Å²) >= 11 is 1.85. The van der Waals surface area contributed by atoms with Gasteiger partial charge in [-0.2, -0.15) is 16.9 Å². The van der Waals surface area contributed by atoms with Crippen molar-refractivity contribution < 1.29 is 4.79 Å². The lowest BCUT2D eigenvalue weighted by Gasteiger charge is -2.26. The molecule has 1 saturated carbocycles. The van der Waals surface area contributed by atoms with Crippen molar-refractivity contribution in [3.63, 3.8) is 0 Å². The lowest BCUT2D eigenvalue weighted by Crippen LogP contribution is -2.38. The number of carbonyl (C=O) groups excluding carboxylic acids is 1. The maximum absolute atomic E-state index is 12.0. The minimum atomic E-state index is -0.173. The first kappa shape index (κ1) is 13.3. The predicted molar refractivity (Wildman–Crippen MR) is 74.7 cm³/mol. The van der Waals surface area contributed by atoms with Gasteiger partial charge in [-0.15, -0.1) is 0 Å². The fourth-order valence-electron chi connectivity index (χ4n) is 2.48. The first-order valence-electron chi connectivity index (χ1n) is 6.19. The van der Waals surface area contributed by atoms with E-state index in [1.54, 1.807) is 17.9 Å². The van der Waals surface area contributed by atoms with E-state index < -0.39 is 0 Å². The van der Waals surface area contributed by atoms with Gasteiger partial charge in [0, 0.05) is 24.5 Å². The van der Waals surface area contributed by atoms with Crippen LogP contribution < -0.4 is 11.1 Å². The number of anilines is 1. The van der Waals surface area contributed by atoms with Gasteiger partial charge in [0.2, 0.25) is 0 Å². The first-order chi connectivity index (χ1) is 8.56. The second kappa shape index (κ2) is 5.22. The summed E-state index contributed by atoms with van der Waals surface area (Å²) in [7, 11) is 1.76. The van der Waals surface area contributed by atoms with Gasteiger partial charge in [0.1, 0.15) is 0 Å². The molecule has 1 aromatic rings. The SMILES string of the molecule is CSC1(CNC(=O)c2nn(C)cc2N)CCCC1. The molecule has 0 spiro atoms. The van der Waals surface area contributed by atoms with Crippen LogP contribution in [-0.2, 0) is 7.05 Å². The molecule has 1 amide bonds. The van der Waals surface area contributed by atoms with Crippen LogP contribution in [0.1, 0.15) is 36.2 Å². The summed E-state index contributed by atoms with van der Waals surface area (Å²) in [6.07, 6.45) is 8.62. The summed E-state index contributed by atoms with van der Waals surface area (Å²) in [6.45, 7) is 0.697. The van der Waals surface area contributed by atoms with Crippen LogP contribution in [0.2, 0.25) is 0 Å². The average Bonchev–Trinajstić information content (AvgIpc) is 2.94. The molecular formula is C12H20N4OS. The summed E-state index contributed by atoms with van der Waals surface area (Å²) in [6, 6.07) is 0. The van der Waals surface area contributed by atoms with Gasteiger partial charge in [0.05, 0.1) is 5.69 Å². The number of nitrogens with two attached hydrogens (primary N) is 1. The molecule has 0 bridgehead atoms. The van der Waals surface area contributed by atoms with Crippen LogP contribution in [0.5, 0.6) is 0 Å². The molecule has 0 unspecified atom stereocenters. The normalized spacial score (nSPS) is 17.9. The van der Waals surface area contributed by atoms with Crippen LogP contribution in [-0.4, -0.2) is 33.2 Å². The molecule has 0 atom stereocenters. The topological polar surface area (TPSA) is 72.9 Å². The van der Waals surface area contributed by atoms with Crippen molar-refractivity contribution in [2.75, 3.05) is 18.5 Å². The van der Waals surface area contributed by atoms with Crippen molar-refractivity contribution >= 4 is 23.4 Å². The second-order valence-electron chi connectivity index (χ2n) is 4.88. The van der Waals surface area contributed by atoms with Gasteiger partial charge < -0.3 is 11.1 Å². The van der Waals surface area contributed by atoms with Gasteiger partial charge in [-0.3, -0.25) is 9.48 Å². The Balaban J connectivity index is 1.98. The smallest absolute Gasteiger partial charge is 0.273 e. The molecule has 0 radical (unpaired) electrons. The molecule has 1 aromatic heterocycles. The van der Waals surface area contributed by atoms with Gasteiger partial charge in [-0.1, -0.05) is 12.8 Å². The van der Waals surface area contributed by atoms with Crippen molar-refractivity contribution in [3.8, 4) is 0 Å². The monoisotopic (exact) mass is 268 g/mol. The highest BCUT2D eigenvalue weighted by Gasteiger charge is 2.33. The molecular weight excluding hydrogens is 248 g/mol. The van der Waals surface area contributed by atoms with Gasteiger partial charge in [-0.25, -0.2) is 0 Å². The van der Waals surface area contributed by atoms with E-state index in [4.69, 9.17) is 5.73 Å². The Hall–Kier alpha value is -1.17. The maximum Gasteiger partial charge on any atom is 0.273 e. The second-order valence-corrected chi connectivity index (χ2v) is 6.16. The zero-order valence-corrected chi connectivity index (χ0v) is 11.7. The van der Waals surface area contributed by atoms with Gasteiger partial charge >= 0.3 is 0 Å². The number of aryl methyl sites for hydroxylation is 1. The Morgan fingerprint density at radius 2 is 2.28 bits per heavy atom. The standard InChI is InChI=1S/C12H20N4OS/c1-16-7-9(13)10(15-16)11(17)14-8-12(18-2)5-3-4-6-12/h7H,3-6,8,13H2,1-2H3,(H,14,17). The van der Waals surface area contributed by atoms with Crippen molar-refractivity contribution in [3.05, 3.63) is 11.9 Å². The molecule has 1 fully saturated rings. The Labute approximate surface area is 111 Å². The highest BCUT2D eigenvalue weighted by Crippen LogP contribution is 2.39. The Bertz CT molecular complexity index is 437. The van der Waals surface area contributed by atoms with Crippen LogP contribution in [0.15, 0.2) is 6.20 Å². The van der Waals surface area contributed by atoms with E-state index in [9.17, 15) is 4.79 Å². The predicted octanol–water partition coefficient (Wildman–Crippen LogP) is 1.41. The summed E-state index contributed by atoms with van der Waals surface area (Å²) < 4.78 is 1.77. The number of nitrogens with one attached hydrogen (secondary N) is 1. The van der Waals surface area contributed by atoms with E-state index in [-0.39, 0.29) is 10.7 Å². The highest BCUT2D eigenvalue weighted by atomic mass is 32.2. The molecule has 1 aliphatic carbocycles. The quantitative estimate of drug-likeness (QED) is 0.866. The number of nitrogen functional groups attached to an aromatic ring is 1. The molecule has 0 saturated heterocycles. The number of nitrogens with zero attached hydrogens (tertiary/aromatic N) is 2. The van der Waals surface area contributed by atoms with Gasteiger partial charge in [-0.05, 0) is 19.1 Å². The van der Waals surface area contributed by atoms with Crippen LogP contribution in [0.25, 0.3) is 0 Å². The lowest BCUT2D eigenvalue weighted by atomic mass is 10.1. The molecule has 0 aromatic carbocycles. The molecule has 1 heterocycles. The largest absolute Gasteiger partial charge is 0.396 e. The van der Waals surface area contributed by atoms with Crippen LogP contribution in [0.3, 0.4) is 0 Å². The number of hydrogen-bond acceptors (Lipinski definition) is 4. The number of thioether (sulfide) groups is 1. The molecule has 3 N–H and O–H groups in total. The Morgan fingerprint density at radius 3 is 2.78 bits per heavy atom. The molecule has 1 aliphatic rings. The number of amides is 1. The van der Waals surface area contributed by atoms with Crippen LogP contribution >= 0.6 is 11.8 Å². The Morgan fingerprint density at radius 1 is 1.61 bits per heavy atom. The number of aromatic nitrogens is 2. The summed E-state index contributed by atoms with van der Waals surface area (Å²) in [5.74, 6) is -0.173. The third-order valence-electron chi connectivity index (χ3n) is 3.59. The van der Waals surface area contributed by atoms with Crippen LogP contribution in [0, 0.1) is 0 Å². The van der Waals surface area contributed by atoms with Gasteiger partial charge in [0.25, 0.3) is 5.91 Å². The molecule has 5 nitrogen and oxygen atoms in total. The lowest BCUT2D eigenvalue weighted by molar-refractivity contribution is 0.0945. The van der Waals surface area contributed by atoms with E-state index >= 15 is 0 Å². The highest BCUT2D eigenvalue weighted by molar-refractivity contribution is 8.00. The molecule has 18 heavy (non-hydrogen) atoms. The zero-order valence-electron chi connectivity index (χ0n) is 10.9. The van der Waals surface area contributed by atoms with E-state index in [0.29, 0.717) is 17.9 Å². The average molecular weight is 268 g/mol. The van der Waals surface area contributed by atoms with Crippen molar-refractivity contribution in [1.29, 1.82) is 0 Å². The summed E-state index contributed by atoms with van der Waals surface area (Å²) in [5, 5.41) is 7.05. The van der Waals surface area contributed by atoms with E-state index in [1.807, 2.05) is 11.8 Å². The fourth-order valence-corrected chi connectivity index (χ4v) is 3.39. The maximum atomic E-state index is 12.0. The van der Waals surface area contributed by atoms with E-state index in [1.165, 1.54) is 25.7 Å². The van der Waals surface area contributed by atoms with Crippen molar-refractivity contribution in [2.24, 2.45) is 7.05 Å². The summed E-state index contributed by atoms with van der Waals surface area (Å²) in [5.41, 5.74) is 6.50. The number of rotatable bonds is 4. The number of carbonyl (C=O) groups is 1. The molecule has 2 rings (SSSR count). The minimum Gasteiger partial charge on any atom is -0.396 e. The minimum absolute atomic E-state index is 0.173. The zero-order chi connectivity index (χ0) is 13.2.